The summed E-state index contributed by atoms with van der Waals surface area (Å²) in [6, 6.07) is 13.6. The van der Waals surface area contributed by atoms with Crippen molar-refractivity contribution in [2.24, 2.45) is 0 Å². The number of nitrogens with one attached hydrogen (secondary N) is 2. The zero-order valence-electron chi connectivity index (χ0n) is 15.3. The van der Waals surface area contributed by atoms with Gasteiger partial charge in [-0.3, -0.25) is 30.1 Å². The van der Waals surface area contributed by atoms with Crippen LogP contribution in [0.5, 0.6) is 5.75 Å². The molecular formula is C20H17N3O4S2. The number of nitrogens with zero attached hydrogens (tertiary/aromatic N) is 1. The van der Waals surface area contributed by atoms with Crippen LogP contribution in [0.1, 0.15) is 21.5 Å². The van der Waals surface area contributed by atoms with Gasteiger partial charge in [-0.05, 0) is 30.7 Å². The first-order valence-corrected chi connectivity index (χ1v) is 9.77. The summed E-state index contributed by atoms with van der Waals surface area (Å²) in [5, 5.41) is 9.66. The number of aromatic hydroxyl groups is 1. The number of hydrazine groups is 1. The number of thiocarbonyl (C=S) groups is 1. The van der Waals surface area contributed by atoms with Crippen LogP contribution in [0.4, 0.5) is 0 Å². The fourth-order valence-corrected chi connectivity index (χ4v) is 3.75. The molecule has 3 rings (SSSR count). The van der Waals surface area contributed by atoms with Crippen LogP contribution >= 0.6 is 24.0 Å². The normalized spacial score (nSPS) is 14.9. The number of amides is 3. The van der Waals surface area contributed by atoms with Crippen LogP contribution in [0, 0.1) is 6.92 Å². The molecule has 2 aromatic carbocycles. The zero-order chi connectivity index (χ0) is 21.0. The summed E-state index contributed by atoms with van der Waals surface area (Å²) >= 11 is 6.32. The zero-order valence-corrected chi connectivity index (χ0v) is 17.0. The number of hydrogen-bond donors (Lipinski definition) is 3. The van der Waals surface area contributed by atoms with Gasteiger partial charge in [-0.25, -0.2) is 0 Å². The van der Waals surface area contributed by atoms with E-state index in [0.717, 1.165) is 22.9 Å². The standard InChI is InChI=1S/C20H17N3O4S2/c1-12-6-8-13(9-7-12)10-16-19(27)23(20(28)29-16)11-17(25)21-22-18(26)14-4-2-3-5-15(14)24/h2-10,24H,11H2,1H3,(H,21,25)(H,22,26). The minimum Gasteiger partial charge on any atom is -0.507 e. The largest absolute Gasteiger partial charge is 0.507 e. The molecule has 1 aliphatic rings. The molecule has 9 heteroatoms. The highest BCUT2D eigenvalue weighted by Gasteiger charge is 2.33. The summed E-state index contributed by atoms with van der Waals surface area (Å²) in [4.78, 5) is 38.3. The number of hydrogen-bond acceptors (Lipinski definition) is 6. The van der Waals surface area contributed by atoms with Crippen LogP contribution in [0.2, 0.25) is 0 Å². The van der Waals surface area contributed by atoms with Crippen LogP contribution in [0.3, 0.4) is 0 Å². The van der Waals surface area contributed by atoms with Crippen molar-refractivity contribution < 1.29 is 19.5 Å². The van der Waals surface area contributed by atoms with E-state index in [0.29, 0.717) is 4.91 Å². The van der Waals surface area contributed by atoms with E-state index in [1.165, 1.54) is 17.0 Å². The minimum atomic E-state index is -0.680. The Bertz CT molecular complexity index is 1020. The molecule has 1 aliphatic heterocycles. The van der Waals surface area contributed by atoms with E-state index in [9.17, 15) is 19.5 Å². The maximum atomic E-state index is 12.6. The van der Waals surface area contributed by atoms with Crippen molar-refractivity contribution in [3.63, 3.8) is 0 Å². The smallest absolute Gasteiger partial charge is 0.273 e. The molecule has 1 saturated heterocycles. The predicted molar refractivity (Wildman–Crippen MR) is 115 cm³/mol. The number of rotatable bonds is 4. The summed E-state index contributed by atoms with van der Waals surface area (Å²) < 4.78 is 0.260. The van der Waals surface area contributed by atoms with Gasteiger partial charge >= 0.3 is 0 Å². The summed E-state index contributed by atoms with van der Waals surface area (Å²) in [5.74, 6) is -1.89. The first-order valence-electron chi connectivity index (χ1n) is 8.54. The Morgan fingerprint density at radius 1 is 1.14 bits per heavy atom. The van der Waals surface area contributed by atoms with Crippen LogP contribution in [0.15, 0.2) is 53.4 Å². The first kappa shape index (κ1) is 20.6. The molecule has 0 bridgehead atoms. The van der Waals surface area contributed by atoms with E-state index in [4.69, 9.17) is 12.2 Å². The highest BCUT2D eigenvalue weighted by atomic mass is 32.2. The lowest BCUT2D eigenvalue weighted by molar-refractivity contribution is -0.129. The molecule has 148 valence electrons. The van der Waals surface area contributed by atoms with Crippen LogP contribution in [-0.2, 0) is 9.59 Å². The van der Waals surface area contributed by atoms with Gasteiger partial charge in [0.2, 0.25) is 0 Å². The number of carbonyl (C=O) groups excluding carboxylic acids is 3. The van der Waals surface area contributed by atoms with Gasteiger partial charge in [0.25, 0.3) is 17.7 Å². The lowest BCUT2D eigenvalue weighted by atomic mass is 10.1. The van der Waals surface area contributed by atoms with E-state index in [1.54, 1.807) is 18.2 Å². The van der Waals surface area contributed by atoms with Crippen molar-refractivity contribution in [2.75, 3.05) is 6.54 Å². The Labute approximate surface area is 176 Å². The van der Waals surface area contributed by atoms with Gasteiger partial charge in [-0.2, -0.15) is 0 Å². The molecule has 1 fully saturated rings. The Morgan fingerprint density at radius 3 is 2.52 bits per heavy atom. The van der Waals surface area contributed by atoms with Gasteiger partial charge in [0.05, 0.1) is 10.5 Å². The minimum absolute atomic E-state index is 0.0134. The number of carbonyl (C=O) groups is 3. The molecule has 0 aromatic heterocycles. The fourth-order valence-electron chi connectivity index (χ4n) is 2.49. The molecule has 0 aliphatic carbocycles. The molecular weight excluding hydrogens is 410 g/mol. The third-order valence-electron chi connectivity index (χ3n) is 4.01. The molecule has 3 N–H and O–H groups in total. The third-order valence-corrected chi connectivity index (χ3v) is 5.39. The molecule has 3 amide bonds. The second kappa shape index (κ2) is 8.89. The first-order chi connectivity index (χ1) is 13.8. The highest BCUT2D eigenvalue weighted by molar-refractivity contribution is 8.26. The number of phenols is 1. The number of benzene rings is 2. The number of phenolic OH excluding ortho intramolecular Hbond substituents is 1. The summed E-state index contributed by atoms with van der Waals surface area (Å²) in [6.45, 7) is 1.64. The van der Waals surface area contributed by atoms with Crippen molar-refractivity contribution in [1.82, 2.24) is 15.8 Å². The van der Waals surface area contributed by atoms with Gasteiger partial charge in [0.15, 0.2) is 0 Å². The second-order valence-electron chi connectivity index (χ2n) is 6.20. The number of para-hydroxylation sites is 1. The lowest BCUT2D eigenvalue weighted by Gasteiger charge is -2.14. The number of thioether (sulfide) groups is 1. The number of aryl methyl sites for hydroxylation is 1. The molecule has 0 radical (unpaired) electrons. The van der Waals surface area contributed by atoms with Gasteiger partial charge in [0.1, 0.15) is 16.6 Å². The molecule has 0 spiro atoms. The Balaban J connectivity index is 1.59. The van der Waals surface area contributed by atoms with Crippen molar-refractivity contribution >= 4 is 52.1 Å². The SMILES string of the molecule is Cc1ccc(C=C2SC(=S)N(CC(=O)NNC(=O)c3ccccc3O)C2=O)cc1. The van der Waals surface area contributed by atoms with Crippen molar-refractivity contribution in [3.8, 4) is 5.75 Å². The van der Waals surface area contributed by atoms with Gasteiger partial charge in [-0.15, -0.1) is 0 Å². The molecule has 2 aromatic rings. The van der Waals surface area contributed by atoms with Crippen molar-refractivity contribution in [1.29, 1.82) is 0 Å². The Morgan fingerprint density at radius 2 is 1.83 bits per heavy atom. The van der Waals surface area contributed by atoms with Crippen molar-refractivity contribution in [2.45, 2.75) is 6.92 Å². The van der Waals surface area contributed by atoms with Gasteiger partial charge in [0, 0.05) is 0 Å². The molecule has 0 atom stereocenters. The summed E-state index contributed by atoms with van der Waals surface area (Å²) in [7, 11) is 0. The fraction of sp³-hybridized carbons (Fsp3) is 0.100. The van der Waals surface area contributed by atoms with Gasteiger partial charge in [-0.1, -0.05) is 65.9 Å². The maximum absolute atomic E-state index is 12.6. The molecule has 1 heterocycles. The Kier molecular flexibility index (Phi) is 6.30. The summed E-state index contributed by atoms with van der Waals surface area (Å²) in [6.07, 6.45) is 1.72. The Hall–Kier alpha value is -3.17. The second-order valence-corrected chi connectivity index (χ2v) is 7.87. The monoisotopic (exact) mass is 427 g/mol. The predicted octanol–water partition coefficient (Wildman–Crippen LogP) is 2.36. The van der Waals surface area contributed by atoms with E-state index in [-0.39, 0.29) is 28.1 Å². The topological polar surface area (TPSA) is 98.7 Å². The molecule has 0 saturated carbocycles. The summed E-state index contributed by atoms with van der Waals surface area (Å²) in [5.41, 5.74) is 6.39. The highest BCUT2D eigenvalue weighted by Crippen LogP contribution is 2.32. The quantitative estimate of drug-likeness (QED) is 0.394. The third kappa shape index (κ3) is 5.01. The molecule has 7 nitrogen and oxygen atoms in total. The van der Waals surface area contributed by atoms with E-state index in [2.05, 4.69) is 10.9 Å². The average Bonchev–Trinajstić information content (AvgIpc) is 2.95. The molecule has 29 heavy (non-hydrogen) atoms. The van der Waals surface area contributed by atoms with E-state index < -0.39 is 11.8 Å². The van der Waals surface area contributed by atoms with Crippen LogP contribution in [0.25, 0.3) is 6.08 Å². The van der Waals surface area contributed by atoms with E-state index >= 15 is 0 Å². The van der Waals surface area contributed by atoms with Crippen LogP contribution in [-0.4, -0.2) is 38.6 Å². The van der Waals surface area contributed by atoms with Crippen LogP contribution < -0.4 is 10.9 Å². The van der Waals surface area contributed by atoms with Crippen molar-refractivity contribution in [3.05, 3.63) is 70.1 Å². The molecule has 0 unspecified atom stereocenters. The lowest BCUT2D eigenvalue weighted by Crippen LogP contribution is -2.47. The maximum Gasteiger partial charge on any atom is 0.273 e. The average molecular weight is 428 g/mol. The van der Waals surface area contributed by atoms with Gasteiger partial charge < -0.3 is 5.11 Å². The van der Waals surface area contributed by atoms with E-state index in [1.807, 2.05) is 31.2 Å².